The number of anilines is 1. The van der Waals surface area contributed by atoms with Crippen molar-refractivity contribution in [3.8, 4) is 18.1 Å². The van der Waals surface area contributed by atoms with E-state index in [2.05, 4.69) is 21.7 Å². The quantitative estimate of drug-likeness (QED) is 0.779. The third-order valence-corrected chi connectivity index (χ3v) is 4.56. The molecule has 0 atom stereocenters. The number of carbonyl (C=O) groups excluding carboxylic acids is 1. The Labute approximate surface area is 153 Å². The second kappa shape index (κ2) is 8.95. The van der Waals surface area contributed by atoms with Gasteiger partial charge in [0.2, 0.25) is 0 Å². The Morgan fingerprint density at radius 2 is 2.08 bits per heavy atom. The highest BCUT2D eigenvalue weighted by Gasteiger charge is 2.19. The summed E-state index contributed by atoms with van der Waals surface area (Å²) in [6, 6.07) is 9.44. The van der Waals surface area contributed by atoms with E-state index in [1.54, 1.807) is 6.20 Å². The van der Waals surface area contributed by atoms with Crippen molar-refractivity contribution in [2.24, 2.45) is 0 Å². The van der Waals surface area contributed by atoms with Crippen LogP contribution in [0.2, 0.25) is 0 Å². The molecule has 1 heterocycles. The van der Waals surface area contributed by atoms with Gasteiger partial charge < -0.3 is 10.1 Å². The molecule has 0 unspecified atom stereocenters. The highest BCUT2D eigenvalue weighted by molar-refractivity contribution is 5.88. The molecular weight excluding hydrogens is 328 g/mol. The molecule has 1 fully saturated rings. The van der Waals surface area contributed by atoms with Crippen LogP contribution >= 0.6 is 0 Å². The van der Waals surface area contributed by atoms with Gasteiger partial charge in [-0.1, -0.05) is 43.4 Å². The maximum atomic E-state index is 12.3. The van der Waals surface area contributed by atoms with Crippen molar-refractivity contribution < 1.29 is 9.53 Å². The van der Waals surface area contributed by atoms with Crippen LogP contribution in [0.4, 0.5) is 10.6 Å². The van der Waals surface area contributed by atoms with E-state index in [0.29, 0.717) is 18.3 Å². The van der Waals surface area contributed by atoms with E-state index in [1.165, 1.54) is 19.3 Å². The molecule has 0 radical (unpaired) electrons. The molecule has 26 heavy (non-hydrogen) atoms. The molecule has 6 nitrogen and oxygen atoms in total. The lowest BCUT2D eigenvalue weighted by Crippen LogP contribution is -2.30. The second-order valence-electron chi connectivity index (χ2n) is 6.36. The first kappa shape index (κ1) is 17.9. The number of carbonyl (C=O) groups is 1. The fourth-order valence-electron chi connectivity index (χ4n) is 3.28. The minimum Gasteiger partial charge on any atom is -0.481 e. The molecule has 0 bridgehead atoms. The zero-order valence-corrected chi connectivity index (χ0v) is 14.8. The Kier molecular flexibility index (Phi) is 6.15. The number of nitrogens with one attached hydrogen (secondary N) is 2. The van der Waals surface area contributed by atoms with Crippen LogP contribution in [0.25, 0.3) is 0 Å². The molecular formula is C20H24N4O2. The van der Waals surface area contributed by atoms with Crippen molar-refractivity contribution >= 4 is 11.8 Å². The van der Waals surface area contributed by atoms with Gasteiger partial charge in [0.25, 0.3) is 0 Å². The number of aromatic nitrogens is 2. The summed E-state index contributed by atoms with van der Waals surface area (Å²) in [4.78, 5) is 12.3. The molecule has 1 aromatic heterocycles. The third kappa shape index (κ3) is 4.57. The van der Waals surface area contributed by atoms with Crippen LogP contribution < -0.4 is 15.4 Å². The summed E-state index contributed by atoms with van der Waals surface area (Å²) in [5, 5.41) is 10.2. The smallest absolute Gasteiger partial charge is 0.320 e. The fourth-order valence-corrected chi connectivity index (χ4v) is 3.28. The average molecular weight is 352 g/mol. The summed E-state index contributed by atoms with van der Waals surface area (Å²) >= 11 is 0. The minimum absolute atomic E-state index is 0.198. The molecule has 2 aromatic rings. The van der Waals surface area contributed by atoms with Crippen molar-refractivity contribution in [3.05, 3.63) is 42.1 Å². The van der Waals surface area contributed by atoms with Gasteiger partial charge in [0.15, 0.2) is 0 Å². The number of hydrogen-bond acceptors (Lipinski definition) is 3. The lowest BCUT2D eigenvalue weighted by molar-refractivity contribution is 0.251. The van der Waals surface area contributed by atoms with E-state index in [1.807, 2.05) is 35.0 Å². The van der Waals surface area contributed by atoms with E-state index in [-0.39, 0.29) is 12.6 Å². The van der Waals surface area contributed by atoms with Crippen LogP contribution in [-0.4, -0.2) is 22.4 Å². The Hall–Kier alpha value is -2.94. The molecule has 0 saturated heterocycles. The van der Waals surface area contributed by atoms with E-state index in [9.17, 15) is 4.79 Å². The van der Waals surface area contributed by atoms with Crippen LogP contribution in [0.5, 0.6) is 5.75 Å². The van der Waals surface area contributed by atoms with Gasteiger partial charge in [-0.05, 0) is 18.9 Å². The van der Waals surface area contributed by atoms with E-state index in [0.717, 1.165) is 24.2 Å². The Morgan fingerprint density at radius 3 is 2.88 bits per heavy atom. The van der Waals surface area contributed by atoms with Crippen LogP contribution in [0, 0.1) is 12.3 Å². The highest BCUT2D eigenvalue weighted by Crippen LogP contribution is 2.29. The molecule has 2 N–H and O–H groups in total. The predicted molar refractivity (Wildman–Crippen MR) is 101 cm³/mol. The van der Waals surface area contributed by atoms with E-state index in [4.69, 9.17) is 11.2 Å². The molecule has 0 spiro atoms. The number of benzene rings is 1. The van der Waals surface area contributed by atoms with Crippen LogP contribution in [0.1, 0.15) is 43.7 Å². The first-order valence-corrected chi connectivity index (χ1v) is 9.00. The Morgan fingerprint density at radius 1 is 1.27 bits per heavy atom. The molecule has 1 aliphatic rings. The monoisotopic (exact) mass is 352 g/mol. The molecule has 1 saturated carbocycles. The lowest BCUT2D eigenvalue weighted by atomic mass is 9.96. The van der Waals surface area contributed by atoms with Crippen molar-refractivity contribution in [1.82, 2.24) is 15.1 Å². The van der Waals surface area contributed by atoms with Gasteiger partial charge in [-0.15, -0.1) is 6.42 Å². The summed E-state index contributed by atoms with van der Waals surface area (Å²) < 4.78 is 7.43. The molecule has 3 rings (SSSR count). The molecule has 6 heteroatoms. The fraction of sp³-hybridized carbons (Fsp3) is 0.400. The standard InChI is InChI=1S/C20H24N4O2/c1-2-14-26-18-11-7-6-8-16(18)15-21-20(25)23-19-12-13-22-24(19)17-9-4-3-5-10-17/h1,6-8,11-13,17H,3-5,9-10,14-15H2,(H2,21,23,25). The summed E-state index contributed by atoms with van der Waals surface area (Å²) in [6.07, 6.45) is 12.9. The maximum absolute atomic E-state index is 12.3. The number of amides is 2. The van der Waals surface area contributed by atoms with E-state index < -0.39 is 0 Å². The van der Waals surface area contributed by atoms with Crippen LogP contribution in [0.15, 0.2) is 36.5 Å². The van der Waals surface area contributed by atoms with Crippen molar-refractivity contribution in [1.29, 1.82) is 0 Å². The van der Waals surface area contributed by atoms with Crippen molar-refractivity contribution in [3.63, 3.8) is 0 Å². The summed E-state index contributed by atoms with van der Waals surface area (Å²) in [7, 11) is 0. The largest absolute Gasteiger partial charge is 0.481 e. The van der Waals surface area contributed by atoms with Gasteiger partial charge in [-0.3, -0.25) is 5.32 Å². The Balaban J connectivity index is 1.57. The van der Waals surface area contributed by atoms with Crippen molar-refractivity contribution in [2.45, 2.75) is 44.7 Å². The number of terminal acetylenes is 1. The molecule has 2 amide bonds. The number of para-hydroxylation sites is 1. The van der Waals surface area contributed by atoms with Gasteiger partial charge >= 0.3 is 6.03 Å². The van der Waals surface area contributed by atoms with Gasteiger partial charge in [-0.25, -0.2) is 9.48 Å². The highest BCUT2D eigenvalue weighted by atomic mass is 16.5. The zero-order chi connectivity index (χ0) is 18.2. The number of hydrogen-bond donors (Lipinski definition) is 2. The number of rotatable bonds is 6. The summed E-state index contributed by atoms with van der Waals surface area (Å²) in [6.45, 7) is 0.550. The second-order valence-corrected chi connectivity index (χ2v) is 6.36. The summed E-state index contributed by atoms with van der Waals surface area (Å²) in [5.41, 5.74) is 0.874. The van der Waals surface area contributed by atoms with Crippen molar-refractivity contribution in [2.75, 3.05) is 11.9 Å². The number of urea groups is 1. The van der Waals surface area contributed by atoms with Crippen LogP contribution in [-0.2, 0) is 6.54 Å². The van der Waals surface area contributed by atoms with Gasteiger partial charge in [0, 0.05) is 18.2 Å². The first-order chi connectivity index (χ1) is 12.8. The third-order valence-electron chi connectivity index (χ3n) is 4.56. The lowest BCUT2D eigenvalue weighted by Gasteiger charge is -2.24. The first-order valence-electron chi connectivity index (χ1n) is 9.00. The van der Waals surface area contributed by atoms with Gasteiger partial charge in [-0.2, -0.15) is 5.10 Å². The van der Waals surface area contributed by atoms with Gasteiger partial charge in [0.1, 0.15) is 18.2 Å². The minimum atomic E-state index is -0.269. The topological polar surface area (TPSA) is 68.2 Å². The maximum Gasteiger partial charge on any atom is 0.320 e. The number of ether oxygens (including phenoxy) is 1. The Bertz CT molecular complexity index is 772. The molecule has 1 aromatic carbocycles. The zero-order valence-electron chi connectivity index (χ0n) is 14.8. The normalized spacial score (nSPS) is 14.4. The van der Waals surface area contributed by atoms with Crippen LogP contribution in [0.3, 0.4) is 0 Å². The molecule has 1 aliphatic carbocycles. The molecule has 0 aliphatic heterocycles. The van der Waals surface area contributed by atoms with Gasteiger partial charge in [0.05, 0.1) is 12.2 Å². The predicted octanol–water partition coefficient (Wildman–Crippen LogP) is 3.72. The average Bonchev–Trinajstić information content (AvgIpc) is 3.14. The number of nitrogens with zero attached hydrogens (tertiary/aromatic N) is 2. The van der Waals surface area contributed by atoms with E-state index >= 15 is 0 Å². The molecule has 136 valence electrons. The SMILES string of the molecule is C#CCOc1ccccc1CNC(=O)Nc1ccnn1C1CCCCC1. The summed E-state index contributed by atoms with van der Waals surface area (Å²) in [5.74, 6) is 3.85.